The van der Waals surface area contributed by atoms with Crippen molar-refractivity contribution < 1.29 is 12.8 Å². The van der Waals surface area contributed by atoms with Gasteiger partial charge in [-0.05, 0) is 18.2 Å². The van der Waals surface area contributed by atoms with Crippen LogP contribution in [-0.4, -0.2) is 23.2 Å². The highest BCUT2D eigenvalue weighted by molar-refractivity contribution is 7.88. The molecule has 3 aromatic rings. The summed E-state index contributed by atoms with van der Waals surface area (Å²) in [6.07, 6.45) is 4.94. The minimum atomic E-state index is -3.69. The van der Waals surface area contributed by atoms with Crippen molar-refractivity contribution >= 4 is 10.0 Å². The molecule has 0 saturated heterocycles. The topological polar surface area (TPSA) is 76.9 Å². The van der Waals surface area contributed by atoms with E-state index in [1.54, 1.807) is 47.5 Å². The van der Waals surface area contributed by atoms with Gasteiger partial charge in [0.05, 0.1) is 5.75 Å². The minimum Gasteiger partial charge on any atom is -0.237 e. The fraction of sp³-hybridized carbons (Fsp3) is 0.125. The van der Waals surface area contributed by atoms with E-state index in [-0.39, 0.29) is 12.1 Å². The molecular formula is C16H15FN4O2S. The predicted molar refractivity (Wildman–Crippen MR) is 87.2 cm³/mol. The lowest BCUT2D eigenvalue weighted by Gasteiger charge is -2.10. The zero-order valence-corrected chi connectivity index (χ0v) is 13.4. The number of benzene rings is 1. The number of aromatic nitrogens is 3. The first-order valence-corrected chi connectivity index (χ1v) is 8.85. The van der Waals surface area contributed by atoms with Gasteiger partial charge in [0.25, 0.3) is 0 Å². The molecule has 3 rings (SSSR count). The van der Waals surface area contributed by atoms with Crippen molar-refractivity contribution in [3.05, 3.63) is 78.0 Å². The number of hydrogen-bond donors (Lipinski definition) is 1. The maximum Gasteiger partial charge on any atom is 0.216 e. The van der Waals surface area contributed by atoms with Crippen molar-refractivity contribution in [2.75, 3.05) is 0 Å². The molecule has 1 N–H and O–H groups in total. The van der Waals surface area contributed by atoms with Crippen LogP contribution in [-0.2, 0) is 22.3 Å². The first-order valence-electron chi connectivity index (χ1n) is 7.20. The summed E-state index contributed by atoms with van der Waals surface area (Å²) in [5.41, 5.74) is 0.793. The molecule has 0 aliphatic rings. The Bertz CT molecular complexity index is 927. The molecular weight excluding hydrogens is 331 g/mol. The molecule has 8 heteroatoms. The van der Waals surface area contributed by atoms with E-state index >= 15 is 0 Å². The molecule has 0 amide bonds. The summed E-state index contributed by atoms with van der Waals surface area (Å²) in [5, 5.41) is 4.10. The van der Waals surface area contributed by atoms with E-state index in [9.17, 15) is 12.8 Å². The average Bonchev–Trinajstić information content (AvgIpc) is 3.10. The van der Waals surface area contributed by atoms with E-state index in [1.165, 1.54) is 18.2 Å². The quantitative estimate of drug-likeness (QED) is 0.741. The van der Waals surface area contributed by atoms with Crippen LogP contribution in [0.25, 0.3) is 5.82 Å². The molecule has 6 nitrogen and oxygen atoms in total. The van der Waals surface area contributed by atoms with Gasteiger partial charge in [-0.15, -0.1) is 0 Å². The van der Waals surface area contributed by atoms with E-state index in [0.717, 1.165) is 0 Å². The van der Waals surface area contributed by atoms with Gasteiger partial charge in [0.15, 0.2) is 5.82 Å². The molecule has 0 atom stereocenters. The van der Waals surface area contributed by atoms with Gasteiger partial charge in [0.1, 0.15) is 5.82 Å². The Hall–Kier alpha value is -2.58. The van der Waals surface area contributed by atoms with Gasteiger partial charge in [-0.3, -0.25) is 0 Å². The van der Waals surface area contributed by atoms with Gasteiger partial charge in [-0.1, -0.05) is 24.3 Å². The van der Waals surface area contributed by atoms with Gasteiger partial charge in [0.2, 0.25) is 10.0 Å². The van der Waals surface area contributed by atoms with Gasteiger partial charge in [-0.2, -0.15) is 5.10 Å². The third-order valence-corrected chi connectivity index (χ3v) is 4.65. The summed E-state index contributed by atoms with van der Waals surface area (Å²) in [6, 6.07) is 11.0. The summed E-state index contributed by atoms with van der Waals surface area (Å²) in [6.45, 7) is 0.0415. The molecule has 0 aliphatic heterocycles. The summed E-state index contributed by atoms with van der Waals surface area (Å²) in [5.74, 6) is -0.422. The number of nitrogens with one attached hydrogen (secondary N) is 1. The molecule has 0 radical (unpaired) electrons. The van der Waals surface area contributed by atoms with E-state index in [4.69, 9.17) is 0 Å². The lowest BCUT2D eigenvalue weighted by atomic mass is 10.2. The van der Waals surface area contributed by atoms with Crippen LogP contribution >= 0.6 is 0 Å². The van der Waals surface area contributed by atoms with E-state index in [2.05, 4.69) is 14.8 Å². The van der Waals surface area contributed by atoms with Crippen LogP contribution in [0.2, 0.25) is 0 Å². The fourth-order valence-electron chi connectivity index (χ4n) is 2.23. The molecule has 0 fully saturated rings. The van der Waals surface area contributed by atoms with Crippen molar-refractivity contribution in [3.63, 3.8) is 0 Å². The Labute approximate surface area is 139 Å². The minimum absolute atomic E-state index is 0.0415. The van der Waals surface area contributed by atoms with Crippen LogP contribution in [0.15, 0.2) is 61.1 Å². The zero-order chi connectivity index (χ0) is 17.0. The molecule has 0 bridgehead atoms. The van der Waals surface area contributed by atoms with Gasteiger partial charge < -0.3 is 0 Å². The SMILES string of the molecule is O=S(=O)(Cc1ccccc1F)NCc1cccnc1-n1cccn1. The number of pyridine rings is 1. The number of sulfonamides is 1. The third-order valence-electron chi connectivity index (χ3n) is 3.37. The van der Waals surface area contributed by atoms with Crippen LogP contribution in [0, 0.1) is 5.82 Å². The average molecular weight is 346 g/mol. The van der Waals surface area contributed by atoms with Crippen molar-refractivity contribution in [1.29, 1.82) is 0 Å². The van der Waals surface area contributed by atoms with Crippen molar-refractivity contribution in [1.82, 2.24) is 19.5 Å². The highest BCUT2D eigenvalue weighted by atomic mass is 32.2. The number of halogens is 1. The second-order valence-corrected chi connectivity index (χ2v) is 6.92. The molecule has 124 valence electrons. The van der Waals surface area contributed by atoms with Crippen molar-refractivity contribution in [3.8, 4) is 5.82 Å². The lowest BCUT2D eigenvalue weighted by molar-refractivity contribution is 0.574. The molecule has 0 spiro atoms. The lowest BCUT2D eigenvalue weighted by Crippen LogP contribution is -2.26. The van der Waals surface area contributed by atoms with Crippen LogP contribution < -0.4 is 4.72 Å². The highest BCUT2D eigenvalue weighted by Crippen LogP contribution is 2.13. The third kappa shape index (κ3) is 3.84. The van der Waals surface area contributed by atoms with E-state index in [0.29, 0.717) is 11.4 Å². The van der Waals surface area contributed by atoms with Gasteiger partial charge in [0, 0.05) is 36.3 Å². The largest absolute Gasteiger partial charge is 0.237 e. The molecule has 2 heterocycles. The standard InChI is InChI=1S/C16H15FN4O2S/c17-15-7-2-1-5-14(15)12-24(22,23)20-11-13-6-3-8-18-16(13)21-10-4-9-19-21/h1-10,20H,11-12H2. The Morgan fingerprint density at radius 1 is 1.04 bits per heavy atom. The Morgan fingerprint density at radius 2 is 1.83 bits per heavy atom. The number of hydrogen-bond acceptors (Lipinski definition) is 4. The van der Waals surface area contributed by atoms with Gasteiger partial charge in [-0.25, -0.2) is 27.2 Å². The van der Waals surface area contributed by atoms with Crippen LogP contribution in [0.3, 0.4) is 0 Å². The van der Waals surface area contributed by atoms with E-state index in [1.807, 2.05) is 0 Å². The summed E-state index contributed by atoms with van der Waals surface area (Å²) < 4.78 is 42.1. The smallest absolute Gasteiger partial charge is 0.216 e. The molecule has 2 aromatic heterocycles. The zero-order valence-electron chi connectivity index (χ0n) is 12.6. The summed E-state index contributed by atoms with van der Waals surface area (Å²) >= 11 is 0. The van der Waals surface area contributed by atoms with Crippen molar-refractivity contribution in [2.24, 2.45) is 0 Å². The van der Waals surface area contributed by atoms with Crippen LogP contribution in [0.1, 0.15) is 11.1 Å². The van der Waals surface area contributed by atoms with E-state index < -0.39 is 21.6 Å². The van der Waals surface area contributed by atoms with Crippen molar-refractivity contribution in [2.45, 2.75) is 12.3 Å². The van der Waals surface area contributed by atoms with Crippen LogP contribution in [0.5, 0.6) is 0 Å². The highest BCUT2D eigenvalue weighted by Gasteiger charge is 2.15. The van der Waals surface area contributed by atoms with Crippen LogP contribution in [0.4, 0.5) is 4.39 Å². The monoisotopic (exact) mass is 346 g/mol. The first-order chi connectivity index (χ1) is 11.6. The fourth-order valence-corrected chi connectivity index (χ4v) is 3.35. The second-order valence-electron chi connectivity index (χ2n) is 5.11. The first kappa shape index (κ1) is 16.3. The number of rotatable bonds is 6. The summed E-state index contributed by atoms with van der Waals surface area (Å²) in [7, 11) is -3.69. The molecule has 1 aromatic carbocycles. The normalized spacial score (nSPS) is 11.5. The molecule has 24 heavy (non-hydrogen) atoms. The Morgan fingerprint density at radius 3 is 2.58 bits per heavy atom. The maximum absolute atomic E-state index is 13.6. The Balaban J connectivity index is 1.75. The molecule has 0 aliphatic carbocycles. The molecule has 0 unspecified atom stereocenters. The predicted octanol–water partition coefficient (Wildman–Crippen LogP) is 2.03. The number of nitrogens with zero attached hydrogens (tertiary/aromatic N) is 3. The maximum atomic E-state index is 13.6. The Kier molecular flexibility index (Phi) is 4.68. The van der Waals surface area contributed by atoms with Gasteiger partial charge >= 0.3 is 0 Å². The summed E-state index contributed by atoms with van der Waals surface area (Å²) in [4.78, 5) is 4.23. The molecule has 0 saturated carbocycles. The second kappa shape index (κ2) is 6.90.